The van der Waals surface area contributed by atoms with Crippen LogP contribution in [0.25, 0.3) is 11.0 Å². The third-order valence-corrected chi connectivity index (χ3v) is 2.76. The van der Waals surface area contributed by atoms with Crippen molar-refractivity contribution >= 4 is 22.6 Å². The summed E-state index contributed by atoms with van der Waals surface area (Å²) in [7, 11) is 1.71. The Morgan fingerprint density at radius 3 is 2.94 bits per heavy atom. The zero-order valence-electron chi connectivity index (χ0n) is 9.32. The molecule has 0 saturated carbocycles. The molecule has 0 bridgehead atoms. The van der Waals surface area contributed by atoms with Crippen molar-refractivity contribution in [2.75, 3.05) is 19.6 Å². The van der Waals surface area contributed by atoms with Gasteiger partial charge in [-0.05, 0) is 12.1 Å². The van der Waals surface area contributed by atoms with Crippen LogP contribution in [0.5, 0.6) is 0 Å². The minimum Gasteiger partial charge on any atom is -0.383 e. The van der Waals surface area contributed by atoms with Crippen molar-refractivity contribution in [3.63, 3.8) is 0 Å². The van der Waals surface area contributed by atoms with Crippen LogP contribution in [0.3, 0.4) is 0 Å². The van der Waals surface area contributed by atoms with E-state index in [0.717, 1.165) is 29.8 Å². The van der Waals surface area contributed by atoms with Gasteiger partial charge in [0.05, 0.1) is 17.6 Å². The molecular weight excluding hydrogens is 224 g/mol. The molecule has 0 fully saturated rings. The van der Waals surface area contributed by atoms with Crippen LogP contribution < -0.4 is 0 Å². The Bertz CT molecular complexity index is 467. The van der Waals surface area contributed by atoms with Crippen molar-refractivity contribution in [1.29, 1.82) is 0 Å². The first-order valence-corrected chi connectivity index (χ1v) is 5.89. The number of halogens is 1. The largest absolute Gasteiger partial charge is 0.383 e. The molecule has 0 aliphatic carbocycles. The van der Waals surface area contributed by atoms with Crippen LogP contribution in [0.15, 0.2) is 24.3 Å². The van der Waals surface area contributed by atoms with Crippen molar-refractivity contribution in [3.05, 3.63) is 30.1 Å². The number of benzene rings is 1. The van der Waals surface area contributed by atoms with Crippen molar-refractivity contribution in [3.8, 4) is 0 Å². The third kappa shape index (κ3) is 2.20. The lowest BCUT2D eigenvalue weighted by atomic mass is 10.3. The second-order valence-electron chi connectivity index (χ2n) is 3.60. The first-order valence-electron chi connectivity index (χ1n) is 5.36. The summed E-state index contributed by atoms with van der Waals surface area (Å²) in [4.78, 5) is 4.58. The van der Waals surface area contributed by atoms with Crippen LogP contribution in [-0.4, -0.2) is 29.1 Å². The molecule has 16 heavy (non-hydrogen) atoms. The first-order chi connectivity index (χ1) is 7.86. The monoisotopic (exact) mass is 238 g/mol. The summed E-state index contributed by atoms with van der Waals surface area (Å²) < 4.78 is 7.30. The number of rotatable bonds is 5. The van der Waals surface area contributed by atoms with Gasteiger partial charge in [0.25, 0.3) is 0 Å². The highest BCUT2D eigenvalue weighted by Crippen LogP contribution is 2.16. The van der Waals surface area contributed by atoms with E-state index >= 15 is 0 Å². The van der Waals surface area contributed by atoms with Crippen molar-refractivity contribution in [2.24, 2.45) is 0 Å². The first kappa shape index (κ1) is 11.4. The molecular formula is C12H15ClN2O. The molecule has 0 atom stereocenters. The van der Waals surface area contributed by atoms with Gasteiger partial charge in [0.2, 0.25) is 0 Å². The van der Waals surface area contributed by atoms with E-state index in [1.165, 1.54) is 0 Å². The van der Waals surface area contributed by atoms with Crippen LogP contribution in [-0.2, 0) is 17.7 Å². The maximum atomic E-state index is 5.79. The molecule has 1 heterocycles. The molecule has 3 nitrogen and oxygen atoms in total. The van der Waals surface area contributed by atoms with E-state index in [4.69, 9.17) is 16.3 Å². The number of nitrogens with zero attached hydrogens (tertiary/aromatic N) is 2. The number of imidazole rings is 1. The molecule has 0 spiro atoms. The van der Waals surface area contributed by atoms with Crippen LogP contribution in [0.1, 0.15) is 5.82 Å². The van der Waals surface area contributed by atoms with Gasteiger partial charge in [-0.15, -0.1) is 11.6 Å². The number of hydrogen-bond donors (Lipinski definition) is 0. The smallest absolute Gasteiger partial charge is 0.111 e. The quantitative estimate of drug-likeness (QED) is 0.749. The Morgan fingerprint density at radius 2 is 2.19 bits per heavy atom. The van der Waals surface area contributed by atoms with Gasteiger partial charge in [0, 0.05) is 26.0 Å². The lowest BCUT2D eigenvalue weighted by Crippen LogP contribution is -2.08. The molecule has 0 aliphatic heterocycles. The van der Waals surface area contributed by atoms with E-state index in [9.17, 15) is 0 Å². The maximum Gasteiger partial charge on any atom is 0.111 e. The number of methoxy groups -OCH3 is 1. The van der Waals surface area contributed by atoms with Gasteiger partial charge in [0.1, 0.15) is 5.82 Å². The number of para-hydroxylation sites is 2. The molecule has 0 saturated heterocycles. The molecule has 0 N–H and O–H groups in total. The predicted octanol–water partition coefficient (Wildman–Crippen LogP) is 2.46. The summed E-state index contributed by atoms with van der Waals surface area (Å²) in [6, 6.07) is 8.13. The molecule has 1 aromatic carbocycles. The Labute approximate surface area is 100.0 Å². The summed E-state index contributed by atoms with van der Waals surface area (Å²) in [5, 5.41) is 0. The molecule has 1 aromatic heterocycles. The fraction of sp³-hybridized carbons (Fsp3) is 0.417. The average molecular weight is 239 g/mol. The zero-order valence-corrected chi connectivity index (χ0v) is 10.1. The molecule has 0 radical (unpaired) electrons. The molecule has 2 aromatic rings. The fourth-order valence-corrected chi connectivity index (χ4v) is 2.00. The fourth-order valence-electron chi connectivity index (χ4n) is 1.83. The van der Waals surface area contributed by atoms with E-state index in [2.05, 4.69) is 15.6 Å². The predicted molar refractivity (Wildman–Crippen MR) is 66.0 cm³/mol. The standard InChI is InChI=1S/C12H15ClN2O/c1-16-9-8-15-11-5-3-2-4-10(11)14-12(15)6-7-13/h2-5H,6-9H2,1H3. The topological polar surface area (TPSA) is 27.1 Å². The Hall–Kier alpha value is -1.06. The molecule has 0 unspecified atom stereocenters. The molecule has 86 valence electrons. The van der Waals surface area contributed by atoms with Crippen molar-refractivity contribution in [1.82, 2.24) is 9.55 Å². The minimum atomic E-state index is 0.594. The Balaban J connectivity index is 2.42. The van der Waals surface area contributed by atoms with Gasteiger partial charge in [-0.2, -0.15) is 0 Å². The highest BCUT2D eigenvalue weighted by molar-refractivity contribution is 6.17. The highest BCUT2D eigenvalue weighted by atomic mass is 35.5. The lowest BCUT2D eigenvalue weighted by molar-refractivity contribution is 0.187. The van der Waals surface area contributed by atoms with Gasteiger partial charge in [0.15, 0.2) is 0 Å². The summed E-state index contributed by atoms with van der Waals surface area (Å²) in [6.07, 6.45) is 0.792. The molecule has 4 heteroatoms. The van der Waals surface area contributed by atoms with Gasteiger partial charge in [-0.25, -0.2) is 4.98 Å². The number of aryl methyl sites for hydroxylation is 1. The summed E-state index contributed by atoms with van der Waals surface area (Å²) in [5.41, 5.74) is 2.18. The summed E-state index contributed by atoms with van der Waals surface area (Å²) >= 11 is 5.79. The minimum absolute atomic E-state index is 0.594. The molecule has 2 rings (SSSR count). The second kappa shape index (κ2) is 5.32. The summed E-state index contributed by atoms with van der Waals surface area (Å²) in [6.45, 7) is 1.51. The van der Waals surface area contributed by atoms with Crippen molar-refractivity contribution in [2.45, 2.75) is 13.0 Å². The maximum absolute atomic E-state index is 5.79. The van der Waals surface area contributed by atoms with Crippen LogP contribution in [0.4, 0.5) is 0 Å². The number of ether oxygens (including phenoxy) is 1. The normalized spacial score (nSPS) is 11.1. The highest BCUT2D eigenvalue weighted by Gasteiger charge is 2.08. The Morgan fingerprint density at radius 1 is 1.38 bits per heavy atom. The van der Waals surface area contributed by atoms with Crippen LogP contribution in [0.2, 0.25) is 0 Å². The van der Waals surface area contributed by atoms with Gasteiger partial charge < -0.3 is 9.30 Å². The molecule has 0 aliphatic rings. The van der Waals surface area contributed by atoms with E-state index < -0.39 is 0 Å². The summed E-state index contributed by atoms with van der Waals surface area (Å²) in [5.74, 6) is 1.63. The van der Waals surface area contributed by atoms with E-state index in [0.29, 0.717) is 12.5 Å². The van der Waals surface area contributed by atoms with E-state index in [1.54, 1.807) is 7.11 Å². The van der Waals surface area contributed by atoms with Gasteiger partial charge >= 0.3 is 0 Å². The SMILES string of the molecule is COCCn1c(CCCl)nc2ccccc21. The lowest BCUT2D eigenvalue weighted by Gasteiger charge is -2.07. The number of aromatic nitrogens is 2. The van der Waals surface area contributed by atoms with Gasteiger partial charge in [-0.1, -0.05) is 12.1 Å². The van der Waals surface area contributed by atoms with Crippen molar-refractivity contribution < 1.29 is 4.74 Å². The third-order valence-electron chi connectivity index (χ3n) is 2.57. The van der Waals surface area contributed by atoms with Gasteiger partial charge in [-0.3, -0.25) is 0 Å². The second-order valence-corrected chi connectivity index (χ2v) is 3.98. The number of fused-ring (bicyclic) bond motifs is 1. The average Bonchev–Trinajstić information content (AvgIpc) is 2.65. The number of alkyl halides is 1. The van der Waals surface area contributed by atoms with E-state index in [-0.39, 0.29) is 0 Å². The van der Waals surface area contributed by atoms with Crippen LogP contribution in [0, 0.1) is 0 Å². The van der Waals surface area contributed by atoms with E-state index in [1.807, 2.05) is 18.2 Å². The Kier molecular flexibility index (Phi) is 3.80. The molecule has 0 amide bonds. The van der Waals surface area contributed by atoms with Crippen LogP contribution >= 0.6 is 11.6 Å². The number of hydrogen-bond acceptors (Lipinski definition) is 2. The zero-order chi connectivity index (χ0) is 11.4.